The van der Waals surface area contributed by atoms with E-state index in [0.717, 1.165) is 25.3 Å². The molecule has 0 spiro atoms. The molecule has 0 radical (unpaired) electrons. The fourth-order valence-corrected chi connectivity index (χ4v) is 3.07. The molecule has 0 amide bonds. The Bertz CT molecular complexity index is 388. The van der Waals surface area contributed by atoms with E-state index < -0.39 is 0 Å². The molecular formula is C17H28N2O2. The molecule has 1 fully saturated rings. The van der Waals surface area contributed by atoms with Gasteiger partial charge in [-0.3, -0.25) is 4.90 Å². The van der Waals surface area contributed by atoms with Gasteiger partial charge in [-0.05, 0) is 43.5 Å². The summed E-state index contributed by atoms with van der Waals surface area (Å²) < 4.78 is 5.82. The predicted molar refractivity (Wildman–Crippen MR) is 85.6 cm³/mol. The zero-order valence-corrected chi connectivity index (χ0v) is 12.8. The summed E-state index contributed by atoms with van der Waals surface area (Å²) in [4.78, 5) is 2.37. The number of rotatable bonds is 9. The average molecular weight is 292 g/mol. The van der Waals surface area contributed by atoms with Crippen molar-refractivity contribution in [3.63, 3.8) is 0 Å². The van der Waals surface area contributed by atoms with Crippen molar-refractivity contribution in [1.29, 1.82) is 0 Å². The Morgan fingerprint density at radius 2 is 1.86 bits per heavy atom. The van der Waals surface area contributed by atoms with Gasteiger partial charge in [-0.25, -0.2) is 0 Å². The van der Waals surface area contributed by atoms with Gasteiger partial charge in [-0.2, -0.15) is 0 Å². The van der Waals surface area contributed by atoms with Gasteiger partial charge in [0.1, 0.15) is 12.4 Å². The van der Waals surface area contributed by atoms with E-state index in [1.807, 2.05) is 12.1 Å². The van der Waals surface area contributed by atoms with Crippen LogP contribution in [-0.2, 0) is 6.42 Å². The van der Waals surface area contributed by atoms with Gasteiger partial charge in [-0.15, -0.1) is 0 Å². The molecule has 0 aliphatic heterocycles. The Balaban J connectivity index is 1.75. The number of hydrogen-bond acceptors (Lipinski definition) is 4. The van der Waals surface area contributed by atoms with E-state index in [1.54, 1.807) is 0 Å². The zero-order valence-electron chi connectivity index (χ0n) is 12.8. The molecule has 0 saturated heterocycles. The predicted octanol–water partition coefficient (Wildman–Crippen LogP) is 1.80. The summed E-state index contributed by atoms with van der Waals surface area (Å²) in [5, 5.41) is 9.20. The molecule has 1 saturated carbocycles. The van der Waals surface area contributed by atoms with Gasteiger partial charge in [-0.1, -0.05) is 25.0 Å². The summed E-state index contributed by atoms with van der Waals surface area (Å²) in [7, 11) is 0. The van der Waals surface area contributed by atoms with Gasteiger partial charge < -0.3 is 15.6 Å². The molecule has 1 aliphatic rings. The van der Waals surface area contributed by atoms with E-state index in [9.17, 15) is 5.11 Å². The average Bonchev–Trinajstić information content (AvgIpc) is 3.03. The van der Waals surface area contributed by atoms with Crippen molar-refractivity contribution in [2.45, 2.75) is 38.1 Å². The first-order valence-corrected chi connectivity index (χ1v) is 8.10. The van der Waals surface area contributed by atoms with Crippen molar-refractivity contribution in [3.8, 4) is 5.75 Å². The molecule has 0 atom stereocenters. The van der Waals surface area contributed by atoms with Crippen LogP contribution in [0.15, 0.2) is 24.3 Å². The van der Waals surface area contributed by atoms with Crippen LogP contribution in [-0.4, -0.2) is 48.9 Å². The molecule has 2 rings (SSSR count). The zero-order chi connectivity index (χ0) is 14.9. The third-order valence-corrected chi connectivity index (χ3v) is 4.23. The van der Waals surface area contributed by atoms with Gasteiger partial charge in [0.25, 0.3) is 0 Å². The van der Waals surface area contributed by atoms with Crippen LogP contribution in [0.25, 0.3) is 0 Å². The second-order valence-electron chi connectivity index (χ2n) is 5.73. The normalized spacial score (nSPS) is 15.8. The Morgan fingerprint density at radius 1 is 1.14 bits per heavy atom. The van der Waals surface area contributed by atoms with Gasteiger partial charge in [0.15, 0.2) is 0 Å². The van der Waals surface area contributed by atoms with Crippen LogP contribution in [0, 0.1) is 0 Å². The highest BCUT2D eigenvalue weighted by molar-refractivity contribution is 5.27. The summed E-state index contributed by atoms with van der Waals surface area (Å²) in [6.07, 6.45) is 6.06. The molecule has 0 bridgehead atoms. The van der Waals surface area contributed by atoms with Gasteiger partial charge in [0.2, 0.25) is 0 Å². The maximum absolute atomic E-state index is 9.20. The highest BCUT2D eigenvalue weighted by atomic mass is 16.5. The van der Waals surface area contributed by atoms with Gasteiger partial charge >= 0.3 is 0 Å². The highest BCUT2D eigenvalue weighted by Crippen LogP contribution is 2.23. The first-order chi connectivity index (χ1) is 10.3. The molecule has 1 aromatic rings. The molecule has 1 aromatic carbocycles. The Hall–Kier alpha value is -1.10. The van der Waals surface area contributed by atoms with Crippen LogP contribution >= 0.6 is 0 Å². The number of aliphatic hydroxyl groups is 1. The van der Waals surface area contributed by atoms with Crippen molar-refractivity contribution in [1.82, 2.24) is 4.90 Å². The van der Waals surface area contributed by atoms with Crippen LogP contribution in [0.4, 0.5) is 0 Å². The number of aliphatic hydroxyl groups excluding tert-OH is 1. The number of ether oxygens (including phenoxy) is 1. The summed E-state index contributed by atoms with van der Waals surface area (Å²) >= 11 is 0. The molecule has 1 aliphatic carbocycles. The van der Waals surface area contributed by atoms with Gasteiger partial charge in [0, 0.05) is 19.1 Å². The van der Waals surface area contributed by atoms with Crippen molar-refractivity contribution < 1.29 is 9.84 Å². The quantitative estimate of drug-likeness (QED) is 0.729. The minimum Gasteiger partial charge on any atom is -0.492 e. The SMILES string of the molecule is NCCc1ccc(OCCN(CCO)C2CCCC2)cc1. The van der Waals surface area contributed by atoms with E-state index in [4.69, 9.17) is 10.5 Å². The fraction of sp³-hybridized carbons (Fsp3) is 0.647. The third-order valence-electron chi connectivity index (χ3n) is 4.23. The Kier molecular flexibility index (Phi) is 7.00. The van der Waals surface area contributed by atoms with Crippen LogP contribution in [0.3, 0.4) is 0 Å². The minimum absolute atomic E-state index is 0.226. The molecule has 21 heavy (non-hydrogen) atoms. The maximum atomic E-state index is 9.20. The molecular weight excluding hydrogens is 264 g/mol. The van der Waals surface area contributed by atoms with Crippen LogP contribution in [0.5, 0.6) is 5.75 Å². The molecule has 3 N–H and O–H groups in total. The standard InChI is InChI=1S/C17H28N2O2/c18-10-9-15-5-7-17(8-6-15)21-14-12-19(11-13-20)16-3-1-2-4-16/h5-8,16,20H,1-4,9-14,18H2. The highest BCUT2D eigenvalue weighted by Gasteiger charge is 2.21. The molecule has 0 heterocycles. The Morgan fingerprint density at radius 3 is 2.48 bits per heavy atom. The number of hydrogen-bond donors (Lipinski definition) is 2. The van der Waals surface area contributed by atoms with Crippen LogP contribution in [0.1, 0.15) is 31.2 Å². The number of benzene rings is 1. The third kappa shape index (κ3) is 5.30. The Labute approximate surface area is 127 Å². The fourth-order valence-electron chi connectivity index (χ4n) is 3.07. The summed E-state index contributed by atoms with van der Waals surface area (Å²) in [5.74, 6) is 0.908. The van der Waals surface area contributed by atoms with E-state index in [1.165, 1.54) is 31.2 Å². The first-order valence-electron chi connectivity index (χ1n) is 8.10. The molecule has 4 heteroatoms. The number of nitrogens with two attached hydrogens (primary N) is 1. The van der Waals surface area contributed by atoms with E-state index in [2.05, 4.69) is 17.0 Å². The van der Waals surface area contributed by atoms with Crippen molar-refractivity contribution >= 4 is 0 Å². The topological polar surface area (TPSA) is 58.7 Å². The molecule has 4 nitrogen and oxygen atoms in total. The molecule has 118 valence electrons. The van der Waals surface area contributed by atoms with E-state index in [-0.39, 0.29) is 6.61 Å². The first kappa shape index (κ1) is 16.3. The second-order valence-corrected chi connectivity index (χ2v) is 5.73. The van der Waals surface area contributed by atoms with Crippen molar-refractivity contribution in [2.24, 2.45) is 5.73 Å². The van der Waals surface area contributed by atoms with Crippen molar-refractivity contribution in [2.75, 3.05) is 32.8 Å². The largest absolute Gasteiger partial charge is 0.492 e. The van der Waals surface area contributed by atoms with E-state index >= 15 is 0 Å². The summed E-state index contributed by atoms with van der Waals surface area (Å²) in [6.45, 7) is 3.22. The van der Waals surface area contributed by atoms with Crippen LogP contribution in [0.2, 0.25) is 0 Å². The maximum Gasteiger partial charge on any atom is 0.119 e. The second kappa shape index (κ2) is 9.03. The lowest BCUT2D eigenvalue weighted by Gasteiger charge is -2.27. The van der Waals surface area contributed by atoms with E-state index in [0.29, 0.717) is 19.2 Å². The minimum atomic E-state index is 0.226. The van der Waals surface area contributed by atoms with Gasteiger partial charge in [0.05, 0.1) is 6.61 Å². The summed E-state index contributed by atoms with van der Waals surface area (Å²) in [5.41, 5.74) is 6.79. The summed E-state index contributed by atoms with van der Waals surface area (Å²) in [6, 6.07) is 8.80. The lowest BCUT2D eigenvalue weighted by atomic mass is 10.1. The lowest BCUT2D eigenvalue weighted by molar-refractivity contribution is 0.129. The van der Waals surface area contributed by atoms with Crippen LogP contribution < -0.4 is 10.5 Å². The smallest absolute Gasteiger partial charge is 0.119 e. The molecule has 0 aromatic heterocycles. The monoisotopic (exact) mass is 292 g/mol. The number of nitrogens with zero attached hydrogens (tertiary/aromatic N) is 1. The lowest BCUT2D eigenvalue weighted by Crippen LogP contribution is -2.38. The van der Waals surface area contributed by atoms with Crippen molar-refractivity contribution in [3.05, 3.63) is 29.8 Å². The molecule has 0 unspecified atom stereocenters.